The van der Waals surface area contributed by atoms with Crippen LogP contribution in [0, 0.1) is 11.8 Å². The van der Waals surface area contributed by atoms with Crippen molar-refractivity contribution in [2.75, 3.05) is 6.61 Å². The van der Waals surface area contributed by atoms with Gasteiger partial charge in [-0.1, -0.05) is 0 Å². The predicted octanol–water partition coefficient (Wildman–Crippen LogP) is -0.887. The van der Waals surface area contributed by atoms with E-state index in [9.17, 15) is 4.79 Å². The normalized spacial score (nSPS) is 46.3. The van der Waals surface area contributed by atoms with Crippen molar-refractivity contribution in [3.63, 3.8) is 0 Å². The zero-order valence-corrected chi connectivity index (χ0v) is 5.00. The maximum Gasteiger partial charge on any atom is 0.223 e. The van der Waals surface area contributed by atoms with Crippen molar-refractivity contribution >= 4 is 5.91 Å². The molecule has 0 aromatic rings. The van der Waals surface area contributed by atoms with Gasteiger partial charge in [-0.05, 0) is 12.3 Å². The van der Waals surface area contributed by atoms with Crippen molar-refractivity contribution in [1.29, 1.82) is 0 Å². The molecule has 3 nitrogen and oxygen atoms in total. The first-order valence-corrected chi connectivity index (χ1v) is 3.24. The van der Waals surface area contributed by atoms with Gasteiger partial charge in [0.1, 0.15) is 0 Å². The average Bonchev–Trinajstić information content (AvgIpc) is 2.56. The number of piperidine rings is 1. The number of amides is 1. The van der Waals surface area contributed by atoms with Gasteiger partial charge in [-0.2, -0.15) is 0 Å². The molecule has 1 heterocycles. The first kappa shape index (κ1) is 5.23. The summed E-state index contributed by atoms with van der Waals surface area (Å²) in [4.78, 5) is 10.8. The van der Waals surface area contributed by atoms with Crippen LogP contribution in [0.2, 0.25) is 0 Å². The predicted molar refractivity (Wildman–Crippen MR) is 30.6 cm³/mol. The van der Waals surface area contributed by atoms with Crippen LogP contribution >= 0.6 is 0 Å². The number of aliphatic hydroxyl groups is 1. The van der Waals surface area contributed by atoms with Gasteiger partial charge in [0, 0.05) is 5.92 Å². The van der Waals surface area contributed by atoms with Gasteiger partial charge in [0.25, 0.3) is 0 Å². The molecule has 1 amide bonds. The summed E-state index contributed by atoms with van der Waals surface area (Å²) in [5.41, 5.74) is 0. The second-order valence-electron chi connectivity index (χ2n) is 2.80. The Bertz CT molecular complexity index is 157. The molecular formula is C6H9NO2. The van der Waals surface area contributed by atoms with E-state index < -0.39 is 0 Å². The van der Waals surface area contributed by atoms with Gasteiger partial charge in [0.05, 0.1) is 12.6 Å². The maximum absolute atomic E-state index is 10.8. The van der Waals surface area contributed by atoms with Gasteiger partial charge < -0.3 is 10.4 Å². The van der Waals surface area contributed by atoms with E-state index in [-0.39, 0.29) is 24.5 Å². The molecule has 9 heavy (non-hydrogen) atoms. The topological polar surface area (TPSA) is 49.3 Å². The lowest BCUT2D eigenvalue weighted by Crippen LogP contribution is -2.32. The summed E-state index contributed by atoms with van der Waals surface area (Å²) < 4.78 is 0. The molecule has 1 unspecified atom stereocenters. The largest absolute Gasteiger partial charge is 0.394 e. The lowest BCUT2D eigenvalue weighted by atomic mass is 10.2. The Morgan fingerprint density at radius 1 is 1.78 bits per heavy atom. The highest BCUT2D eigenvalue weighted by molar-refractivity contribution is 5.85. The highest BCUT2D eigenvalue weighted by Gasteiger charge is 2.53. The zero-order chi connectivity index (χ0) is 6.43. The smallest absolute Gasteiger partial charge is 0.223 e. The van der Waals surface area contributed by atoms with E-state index in [4.69, 9.17) is 5.11 Å². The fourth-order valence-corrected chi connectivity index (χ4v) is 1.54. The summed E-state index contributed by atoms with van der Waals surface area (Å²) in [6.45, 7) is 0.104. The Morgan fingerprint density at radius 2 is 2.56 bits per heavy atom. The van der Waals surface area contributed by atoms with E-state index in [0.29, 0.717) is 5.92 Å². The first-order chi connectivity index (χ1) is 4.33. The molecule has 1 aliphatic carbocycles. The molecular weight excluding hydrogens is 118 g/mol. The quantitative estimate of drug-likeness (QED) is 0.480. The molecule has 0 radical (unpaired) electrons. The monoisotopic (exact) mass is 127 g/mol. The van der Waals surface area contributed by atoms with Crippen LogP contribution in [-0.4, -0.2) is 23.7 Å². The summed E-state index contributed by atoms with van der Waals surface area (Å²) in [7, 11) is 0. The number of rotatable bonds is 1. The lowest BCUT2D eigenvalue weighted by Gasteiger charge is -2.07. The molecule has 1 saturated carbocycles. The van der Waals surface area contributed by atoms with Gasteiger partial charge in [-0.25, -0.2) is 0 Å². The lowest BCUT2D eigenvalue weighted by molar-refractivity contribution is -0.121. The maximum atomic E-state index is 10.8. The van der Waals surface area contributed by atoms with Crippen LogP contribution in [0.25, 0.3) is 0 Å². The second-order valence-corrected chi connectivity index (χ2v) is 2.80. The minimum Gasteiger partial charge on any atom is -0.394 e. The second kappa shape index (κ2) is 1.48. The third kappa shape index (κ3) is 0.580. The minimum absolute atomic E-state index is 0.0718. The average molecular weight is 127 g/mol. The number of nitrogens with one attached hydrogen (secondary N) is 1. The summed E-state index contributed by atoms with van der Waals surface area (Å²) in [6.07, 6.45) is 0.997. The molecule has 2 aliphatic rings. The van der Waals surface area contributed by atoms with Crippen molar-refractivity contribution in [3.8, 4) is 0 Å². The van der Waals surface area contributed by atoms with E-state index >= 15 is 0 Å². The molecule has 1 aliphatic heterocycles. The summed E-state index contributed by atoms with van der Waals surface area (Å²) in [6, 6.07) is 0.0718. The number of hydrogen-bond acceptors (Lipinski definition) is 2. The Hall–Kier alpha value is -0.570. The van der Waals surface area contributed by atoms with Crippen molar-refractivity contribution in [3.05, 3.63) is 0 Å². The molecule has 0 spiro atoms. The van der Waals surface area contributed by atoms with Crippen LogP contribution in [0.4, 0.5) is 0 Å². The Kier molecular flexibility index (Phi) is 0.858. The van der Waals surface area contributed by atoms with E-state index in [1.807, 2.05) is 0 Å². The zero-order valence-electron chi connectivity index (χ0n) is 5.00. The molecule has 50 valence electrons. The van der Waals surface area contributed by atoms with E-state index in [1.165, 1.54) is 0 Å². The van der Waals surface area contributed by atoms with Crippen LogP contribution < -0.4 is 5.32 Å². The van der Waals surface area contributed by atoms with Crippen molar-refractivity contribution in [2.45, 2.75) is 12.5 Å². The third-order valence-electron chi connectivity index (χ3n) is 2.22. The highest BCUT2D eigenvalue weighted by atomic mass is 16.3. The number of carbonyl (C=O) groups is 1. The van der Waals surface area contributed by atoms with Gasteiger partial charge in [-0.15, -0.1) is 0 Å². The van der Waals surface area contributed by atoms with E-state index in [1.54, 1.807) is 0 Å². The van der Waals surface area contributed by atoms with Gasteiger partial charge >= 0.3 is 0 Å². The van der Waals surface area contributed by atoms with E-state index in [2.05, 4.69) is 5.32 Å². The summed E-state index contributed by atoms with van der Waals surface area (Å²) in [5.74, 6) is 0.851. The highest BCUT2D eigenvalue weighted by Crippen LogP contribution is 2.45. The number of fused-ring (bicyclic) bond motifs is 1. The summed E-state index contributed by atoms with van der Waals surface area (Å²) >= 11 is 0. The third-order valence-corrected chi connectivity index (χ3v) is 2.22. The molecule has 0 bridgehead atoms. The van der Waals surface area contributed by atoms with Gasteiger partial charge in [-0.3, -0.25) is 4.79 Å². The SMILES string of the molecule is O=C1N[C@H](CO)[C@@H]2CC12. The Labute approximate surface area is 53.1 Å². The molecule has 2 N–H and O–H groups in total. The molecule has 3 atom stereocenters. The van der Waals surface area contributed by atoms with Crippen LogP contribution in [0.1, 0.15) is 6.42 Å². The van der Waals surface area contributed by atoms with Crippen LogP contribution in [-0.2, 0) is 4.79 Å². The molecule has 0 aromatic heterocycles. The van der Waals surface area contributed by atoms with Crippen LogP contribution in [0.15, 0.2) is 0 Å². The summed E-state index contributed by atoms with van der Waals surface area (Å²) in [5, 5.41) is 11.4. The minimum atomic E-state index is 0.0718. The molecule has 0 aromatic carbocycles. The number of carbonyl (C=O) groups excluding carboxylic acids is 1. The van der Waals surface area contributed by atoms with Gasteiger partial charge in [0.2, 0.25) is 5.91 Å². The van der Waals surface area contributed by atoms with Crippen molar-refractivity contribution in [1.82, 2.24) is 5.32 Å². The molecule has 1 saturated heterocycles. The standard InChI is InChI=1S/C6H9NO2/c8-2-5-3-1-4(3)6(9)7-5/h3-5,8H,1-2H2,(H,7,9)/t3-,4?,5-/m1/s1. The first-order valence-electron chi connectivity index (χ1n) is 3.24. The van der Waals surface area contributed by atoms with Crippen molar-refractivity contribution in [2.24, 2.45) is 11.8 Å². The fraction of sp³-hybridized carbons (Fsp3) is 0.833. The van der Waals surface area contributed by atoms with Crippen LogP contribution in [0.5, 0.6) is 0 Å². The fourth-order valence-electron chi connectivity index (χ4n) is 1.54. The number of hydrogen-bond donors (Lipinski definition) is 2. The molecule has 3 heteroatoms. The van der Waals surface area contributed by atoms with E-state index in [0.717, 1.165) is 6.42 Å². The number of aliphatic hydroxyl groups excluding tert-OH is 1. The van der Waals surface area contributed by atoms with Gasteiger partial charge in [0.15, 0.2) is 0 Å². The Balaban J connectivity index is 2.08. The Morgan fingerprint density at radius 3 is 2.78 bits per heavy atom. The van der Waals surface area contributed by atoms with Crippen LogP contribution in [0.3, 0.4) is 0 Å². The van der Waals surface area contributed by atoms with Crippen molar-refractivity contribution < 1.29 is 9.90 Å². The molecule has 2 fully saturated rings. The molecule has 2 rings (SSSR count).